The summed E-state index contributed by atoms with van der Waals surface area (Å²) in [7, 11) is 0. The second-order valence-electron chi connectivity index (χ2n) is 4.77. The summed E-state index contributed by atoms with van der Waals surface area (Å²) in [4.78, 5) is 20.5. The molecular weight excluding hydrogens is 323 g/mol. The normalized spacial score (nSPS) is 11.3. The average molecular weight is 333 g/mol. The van der Waals surface area contributed by atoms with Crippen molar-refractivity contribution in [2.24, 2.45) is 0 Å². The molecule has 0 unspecified atom stereocenters. The zero-order valence-corrected chi connectivity index (χ0v) is 12.0. The average Bonchev–Trinajstić information content (AvgIpc) is 2.55. The van der Waals surface area contributed by atoms with Gasteiger partial charge in [0.2, 0.25) is 0 Å². The quantitative estimate of drug-likeness (QED) is 0.792. The largest absolute Gasteiger partial charge is 0.573 e. The van der Waals surface area contributed by atoms with Crippen LogP contribution in [0.4, 0.5) is 18.9 Å². The fraction of sp³-hybridized carbons (Fsp3) is 0.0625. The maximum Gasteiger partial charge on any atom is 0.573 e. The molecule has 1 heterocycles. The summed E-state index contributed by atoms with van der Waals surface area (Å²) >= 11 is 0. The standard InChI is InChI=1S/C16H10F3N3O2/c17-16(18,19)24-11-7-5-10(6-8-11)21-15(23)14-9-20-12-3-1-2-4-13(12)22-14/h1-9H,(H,21,23). The van der Waals surface area contributed by atoms with E-state index in [9.17, 15) is 18.0 Å². The Bertz CT molecular complexity index is 880. The number of ether oxygens (including phenoxy) is 1. The van der Waals surface area contributed by atoms with E-state index in [4.69, 9.17) is 0 Å². The highest BCUT2D eigenvalue weighted by atomic mass is 19.4. The summed E-state index contributed by atoms with van der Waals surface area (Å²) in [5.74, 6) is -0.885. The number of halogens is 3. The lowest BCUT2D eigenvalue weighted by Crippen LogP contribution is -2.17. The number of hydrogen-bond acceptors (Lipinski definition) is 4. The van der Waals surface area contributed by atoms with Gasteiger partial charge in [0, 0.05) is 5.69 Å². The minimum Gasteiger partial charge on any atom is -0.406 e. The number of alkyl halides is 3. The van der Waals surface area contributed by atoms with Crippen LogP contribution in [-0.4, -0.2) is 22.2 Å². The molecule has 0 aliphatic carbocycles. The number of carbonyl (C=O) groups excluding carboxylic acids is 1. The summed E-state index contributed by atoms with van der Waals surface area (Å²) in [5.41, 5.74) is 1.63. The van der Waals surface area contributed by atoms with Gasteiger partial charge >= 0.3 is 6.36 Å². The van der Waals surface area contributed by atoms with Gasteiger partial charge in [-0.25, -0.2) is 4.98 Å². The SMILES string of the molecule is O=C(Nc1ccc(OC(F)(F)F)cc1)c1cnc2ccccc2n1. The molecule has 0 saturated heterocycles. The van der Waals surface area contributed by atoms with Gasteiger partial charge in [-0.3, -0.25) is 9.78 Å². The van der Waals surface area contributed by atoms with Gasteiger partial charge in [-0.15, -0.1) is 13.2 Å². The number of fused-ring (bicyclic) bond motifs is 1. The van der Waals surface area contributed by atoms with Crippen LogP contribution < -0.4 is 10.1 Å². The molecule has 1 N–H and O–H groups in total. The van der Waals surface area contributed by atoms with Crippen LogP contribution in [0.15, 0.2) is 54.7 Å². The molecule has 0 aliphatic heterocycles. The van der Waals surface area contributed by atoms with Crippen molar-refractivity contribution in [3.05, 3.63) is 60.4 Å². The van der Waals surface area contributed by atoms with Crippen LogP contribution in [0.3, 0.4) is 0 Å². The molecule has 5 nitrogen and oxygen atoms in total. The van der Waals surface area contributed by atoms with Crippen molar-refractivity contribution in [3.63, 3.8) is 0 Å². The monoisotopic (exact) mass is 333 g/mol. The molecule has 1 amide bonds. The molecule has 0 fully saturated rings. The first-order valence-electron chi connectivity index (χ1n) is 6.80. The number of para-hydroxylation sites is 2. The Morgan fingerprint density at radius 3 is 2.33 bits per heavy atom. The zero-order chi connectivity index (χ0) is 17.2. The van der Waals surface area contributed by atoms with Crippen LogP contribution in [0.1, 0.15) is 10.5 Å². The highest BCUT2D eigenvalue weighted by Crippen LogP contribution is 2.24. The van der Waals surface area contributed by atoms with E-state index in [2.05, 4.69) is 20.0 Å². The molecular formula is C16H10F3N3O2. The molecule has 1 aromatic heterocycles. The van der Waals surface area contributed by atoms with E-state index in [1.165, 1.54) is 18.3 Å². The fourth-order valence-electron chi connectivity index (χ4n) is 2.00. The third kappa shape index (κ3) is 3.78. The van der Waals surface area contributed by atoms with Crippen LogP contribution >= 0.6 is 0 Å². The smallest absolute Gasteiger partial charge is 0.406 e. The van der Waals surface area contributed by atoms with E-state index in [1.54, 1.807) is 24.3 Å². The van der Waals surface area contributed by atoms with Crippen LogP contribution in [-0.2, 0) is 0 Å². The number of nitrogens with one attached hydrogen (secondary N) is 1. The van der Waals surface area contributed by atoms with Crippen LogP contribution in [0.2, 0.25) is 0 Å². The van der Waals surface area contributed by atoms with Gasteiger partial charge in [0.05, 0.1) is 17.2 Å². The Morgan fingerprint density at radius 2 is 1.67 bits per heavy atom. The van der Waals surface area contributed by atoms with Crippen LogP contribution in [0.25, 0.3) is 11.0 Å². The van der Waals surface area contributed by atoms with Crippen molar-refractivity contribution in [1.29, 1.82) is 0 Å². The summed E-state index contributed by atoms with van der Waals surface area (Å²) < 4.78 is 40.0. The summed E-state index contributed by atoms with van der Waals surface area (Å²) in [5, 5.41) is 2.53. The molecule has 8 heteroatoms. The Hall–Kier alpha value is -3.16. The molecule has 0 saturated carbocycles. The van der Waals surface area contributed by atoms with E-state index >= 15 is 0 Å². The summed E-state index contributed by atoms with van der Waals surface area (Å²) in [6.45, 7) is 0. The molecule has 122 valence electrons. The van der Waals surface area contributed by atoms with Crippen LogP contribution in [0.5, 0.6) is 5.75 Å². The molecule has 0 atom stereocenters. The van der Waals surface area contributed by atoms with Gasteiger partial charge in [0.25, 0.3) is 5.91 Å². The van der Waals surface area contributed by atoms with Gasteiger partial charge < -0.3 is 10.1 Å². The number of amides is 1. The number of carbonyl (C=O) groups is 1. The molecule has 0 radical (unpaired) electrons. The third-order valence-electron chi connectivity index (χ3n) is 3.03. The number of rotatable bonds is 3. The van der Waals surface area contributed by atoms with Crippen molar-refractivity contribution in [3.8, 4) is 5.75 Å². The fourth-order valence-corrected chi connectivity index (χ4v) is 2.00. The Kier molecular flexibility index (Phi) is 4.03. The first-order valence-corrected chi connectivity index (χ1v) is 6.80. The van der Waals surface area contributed by atoms with Crippen LogP contribution in [0, 0.1) is 0 Å². The molecule has 2 aromatic carbocycles. The predicted molar refractivity (Wildman–Crippen MR) is 80.6 cm³/mol. The van der Waals surface area contributed by atoms with E-state index in [-0.39, 0.29) is 11.4 Å². The van der Waals surface area contributed by atoms with Crippen molar-refractivity contribution < 1.29 is 22.7 Å². The van der Waals surface area contributed by atoms with Gasteiger partial charge in [-0.05, 0) is 36.4 Å². The molecule has 0 bridgehead atoms. The maximum absolute atomic E-state index is 12.1. The highest BCUT2D eigenvalue weighted by molar-refractivity contribution is 6.03. The van der Waals surface area contributed by atoms with Gasteiger partial charge in [-0.2, -0.15) is 0 Å². The van der Waals surface area contributed by atoms with Crippen molar-refractivity contribution in [1.82, 2.24) is 9.97 Å². The number of aromatic nitrogens is 2. The number of anilines is 1. The second kappa shape index (κ2) is 6.15. The predicted octanol–water partition coefficient (Wildman–Crippen LogP) is 3.78. The van der Waals surface area contributed by atoms with E-state index in [1.807, 2.05) is 0 Å². The topological polar surface area (TPSA) is 64.1 Å². The molecule has 3 aromatic rings. The second-order valence-corrected chi connectivity index (χ2v) is 4.77. The lowest BCUT2D eigenvalue weighted by atomic mass is 10.2. The number of benzene rings is 2. The Balaban J connectivity index is 1.73. The van der Waals surface area contributed by atoms with Gasteiger partial charge in [0.1, 0.15) is 11.4 Å². The highest BCUT2D eigenvalue weighted by Gasteiger charge is 2.30. The minimum absolute atomic E-state index is 0.101. The first kappa shape index (κ1) is 15.7. The summed E-state index contributed by atoms with van der Waals surface area (Å²) in [6.07, 6.45) is -3.43. The molecule has 0 spiro atoms. The third-order valence-corrected chi connectivity index (χ3v) is 3.03. The number of hydrogen-bond donors (Lipinski definition) is 1. The maximum atomic E-state index is 12.1. The minimum atomic E-state index is -4.76. The van der Waals surface area contributed by atoms with Crippen molar-refractivity contribution in [2.75, 3.05) is 5.32 Å². The number of nitrogens with zero attached hydrogens (tertiary/aromatic N) is 2. The van der Waals surface area contributed by atoms with Gasteiger partial charge in [-0.1, -0.05) is 12.1 Å². The van der Waals surface area contributed by atoms with E-state index in [0.29, 0.717) is 16.7 Å². The molecule has 3 rings (SSSR count). The lowest BCUT2D eigenvalue weighted by Gasteiger charge is -2.10. The molecule has 24 heavy (non-hydrogen) atoms. The first-order chi connectivity index (χ1) is 11.4. The van der Waals surface area contributed by atoms with E-state index in [0.717, 1.165) is 12.1 Å². The Morgan fingerprint density at radius 1 is 1.00 bits per heavy atom. The van der Waals surface area contributed by atoms with Crippen molar-refractivity contribution >= 4 is 22.6 Å². The lowest BCUT2D eigenvalue weighted by molar-refractivity contribution is -0.274. The summed E-state index contributed by atoms with van der Waals surface area (Å²) in [6, 6.07) is 11.9. The van der Waals surface area contributed by atoms with Gasteiger partial charge in [0.15, 0.2) is 0 Å². The Labute approximate surface area is 134 Å². The molecule has 0 aliphatic rings. The zero-order valence-electron chi connectivity index (χ0n) is 12.0. The van der Waals surface area contributed by atoms with Crippen molar-refractivity contribution in [2.45, 2.75) is 6.36 Å². The van der Waals surface area contributed by atoms with E-state index < -0.39 is 12.3 Å².